The Bertz CT molecular complexity index is 1230. The van der Waals surface area contributed by atoms with Gasteiger partial charge in [-0.2, -0.15) is 4.98 Å². The molecular weight excluding hydrogens is 472 g/mol. The smallest absolute Gasteiger partial charge is 0.274 e. The molecule has 0 unspecified atom stereocenters. The van der Waals surface area contributed by atoms with E-state index in [1.807, 2.05) is 12.1 Å². The molecule has 3 aromatic rings. The van der Waals surface area contributed by atoms with Crippen molar-refractivity contribution in [2.24, 2.45) is 5.73 Å². The topological polar surface area (TPSA) is 104 Å². The summed E-state index contributed by atoms with van der Waals surface area (Å²) in [6.45, 7) is 5.60. The van der Waals surface area contributed by atoms with E-state index in [0.717, 1.165) is 91.3 Å². The highest BCUT2D eigenvalue weighted by Crippen LogP contribution is 2.36. The van der Waals surface area contributed by atoms with E-state index >= 15 is 0 Å². The molecule has 3 aliphatic heterocycles. The fraction of sp³-hybridized carbons (Fsp3) is 0.538. The minimum absolute atomic E-state index is 0.156. The predicted molar refractivity (Wildman–Crippen MR) is 147 cm³/mol. The third-order valence-electron chi connectivity index (χ3n) is 7.40. The van der Waals surface area contributed by atoms with E-state index in [2.05, 4.69) is 31.1 Å². The highest BCUT2D eigenvalue weighted by atomic mass is 32.1. The standard InChI is InChI=1S/C26H34N8OS/c27-18-10-15-34(17-18)22-9-7-8-19(28-22)25(35)29-20-16-21-23(30-24(20)32-11-3-1-4-12-32)31-26(36-21)33-13-5-2-6-14-33/h7-9,16,18H,1-6,10-15,17,27H2,(H,29,35)/t18-/m0/s1. The van der Waals surface area contributed by atoms with Gasteiger partial charge in [0, 0.05) is 45.3 Å². The molecule has 0 bridgehead atoms. The lowest BCUT2D eigenvalue weighted by molar-refractivity contribution is 0.102. The molecule has 36 heavy (non-hydrogen) atoms. The molecule has 9 nitrogen and oxygen atoms in total. The molecule has 0 aliphatic carbocycles. The molecule has 3 aliphatic rings. The van der Waals surface area contributed by atoms with Crippen molar-refractivity contribution >= 4 is 50.0 Å². The van der Waals surface area contributed by atoms with Gasteiger partial charge in [-0.05, 0) is 63.1 Å². The number of piperidine rings is 2. The van der Waals surface area contributed by atoms with Crippen molar-refractivity contribution in [1.82, 2.24) is 15.0 Å². The number of aromatic nitrogens is 3. The Labute approximate surface area is 215 Å². The van der Waals surface area contributed by atoms with Gasteiger partial charge in [0.1, 0.15) is 11.5 Å². The average molecular weight is 507 g/mol. The summed E-state index contributed by atoms with van der Waals surface area (Å²) in [6.07, 6.45) is 8.13. The zero-order chi connectivity index (χ0) is 24.5. The number of carbonyl (C=O) groups is 1. The number of pyridine rings is 2. The van der Waals surface area contributed by atoms with E-state index in [9.17, 15) is 4.79 Å². The Morgan fingerprint density at radius 3 is 2.39 bits per heavy atom. The van der Waals surface area contributed by atoms with Crippen LogP contribution in [0.5, 0.6) is 0 Å². The Hall–Kier alpha value is -2.98. The second-order valence-corrected chi connectivity index (χ2v) is 11.1. The maximum atomic E-state index is 13.4. The first-order valence-electron chi connectivity index (χ1n) is 13.2. The van der Waals surface area contributed by atoms with Crippen molar-refractivity contribution in [1.29, 1.82) is 0 Å². The van der Waals surface area contributed by atoms with Gasteiger partial charge in [-0.25, -0.2) is 9.97 Å². The molecule has 190 valence electrons. The lowest BCUT2D eigenvalue weighted by Crippen LogP contribution is -2.31. The fourth-order valence-corrected chi connectivity index (χ4v) is 6.41. The summed E-state index contributed by atoms with van der Waals surface area (Å²) in [5.74, 6) is 1.39. The van der Waals surface area contributed by atoms with Crippen LogP contribution >= 0.6 is 11.3 Å². The molecule has 0 radical (unpaired) electrons. The number of carbonyl (C=O) groups excluding carboxylic acids is 1. The average Bonchev–Trinajstić information content (AvgIpc) is 3.55. The van der Waals surface area contributed by atoms with E-state index in [1.54, 1.807) is 17.4 Å². The minimum atomic E-state index is -0.222. The quantitative estimate of drug-likeness (QED) is 0.538. The summed E-state index contributed by atoms with van der Waals surface area (Å²) in [6, 6.07) is 7.81. The van der Waals surface area contributed by atoms with Crippen LogP contribution < -0.4 is 25.8 Å². The van der Waals surface area contributed by atoms with Gasteiger partial charge in [-0.1, -0.05) is 17.4 Å². The highest BCUT2D eigenvalue weighted by Gasteiger charge is 2.24. The van der Waals surface area contributed by atoms with Crippen LogP contribution in [0.15, 0.2) is 24.3 Å². The molecule has 0 spiro atoms. The third-order valence-corrected chi connectivity index (χ3v) is 8.45. The van der Waals surface area contributed by atoms with E-state index in [4.69, 9.17) is 15.7 Å². The summed E-state index contributed by atoms with van der Waals surface area (Å²) < 4.78 is 0.999. The molecule has 3 fully saturated rings. The molecule has 6 heterocycles. The molecule has 0 saturated carbocycles. The SMILES string of the molecule is N[C@H]1CCN(c2cccc(C(=O)Nc3cc4sc(N5CCCCC5)nc4nc3N3CCCCC3)n2)C1. The molecular formula is C26H34N8OS. The first-order chi connectivity index (χ1) is 17.6. The van der Waals surface area contributed by atoms with Gasteiger partial charge in [0.05, 0.1) is 10.4 Å². The number of hydrogen-bond donors (Lipinski definition) is 2. The summed E-state index contributed by atoms with van der Waals surface area (Å²) in [4.78, 5) is 34.7. The zero-order valence-electron chi connectivity index (χ0n) is 20.7. The molecule has 1 amide bonds. The Morgan fingerprint density at radius 1 is 0.917 bits per heavy atom. The number of amides is 1. The van der Waals surface area contributed by atoms with Crippen molar-refractivity contribution in [2.75, 3.05) is 59.3 Å². The van der Waals surface area contributed by atoms with Crippen LogP contribution in [0.4, 0.5) is 22.5 Å². The lowest BCUT2D eigenvalue weighted by atomic mass is 10.1. The first-order valence-corrected chi connectivity index (χ1v) is 14.1. The van der Waals surface area contributed by atoms with Gasteiger partial charge in [-0.15, -0.1) is 0 Å². The van der Waals surface area contributed by atoms with Gasteiger partial charge in [-0.3, -0.25) is 4.79 Å². The number of nitrogens with zero attached hydrogens (tertiary/aromatic N) is 6. The summed E-state index contributed by atoms with van der Waals surface area (Å²) in [5, 5.41) is 4.18. The Kier molecular flexibility index (Phi) is 6.62. The zero-order valence-corrected chi connectivity index (χ0v) is 21.5. The fourth-order valence-electron chi connectivity index (χ4n) is 5.41. The molecule has 3 saturated heterocycles. The summed E-state index contributed by atoms with van der Waals surface area (Å²) in [5.41, 5.74) is 7.98. The Balaban J connectivity index is 1.30. The number of hydrogen-bond acceptors (Lipinski definition) is 9. The van der Waals surface area contributed by atoms with Crippen LogP contribution in [0.1, 0.15) is 55.4 Å². The molecule has 6 rings (SSSR count). The van der Waals surface area contributed by atoms with Crippen molar-refractivity contribution in [3.63, 3.8) is 0 Å². The summed E-state index contributed by atoms with van der Waals surface area (Å²) in [7, 11) is 0. The summed E-state index contributed by atoms with van der Waals surface area (Å²) >= 11 is 1.66. The van der Waals surface area contributed by atoms with Crippen LogP contribution in [0.25, 0.3) is 10.3 Å². The van der Waals surface area contributed by atoms with E-state index in [1.165, 1.54) is 25.7 Å². The largest absolute Gasteiger partial charge is 0.355 e. The van der Waals surface area contributed by atoms with Crippen molar-refractivity contribution < 1.29 is 4.79 Å². The van der Waals surface area contributed by atoms with E-state index in [-0.39, 0.29) is 11.9 Å². The number of fused-ring (bicyclic) bond motifs is 1. The van der Waals surface area contributed by atoms with Crippen LogP contribution in [0.2, 0.25) is 0 Å². The number of anilines is 4. The number of nitrogens with one attached hydrogen (secondary N) is 1. The van der Waals surface area contributed by atoms with Crippen LogP contribution in [0, 0.1) is 0 Å². The second-order valence-electron chi connectivity index (χ2n) is 10.1. The monoisotopic (exact) mass is 506 g/mol. The van der Waals surface area contributed by atoms with E-state index in [0.29, 0.717) is 5.69 Å². The van der Waals surface area contributed by atoms with Crippen LogP contribution in [0.3, 0.4) is 0 Å². The minimum Gasteiger partial charge on any atom is -0.355 e. The third kappa shape index (κ3) is 4.84. The highest BCUT2D eigenvalue weighted by molar-refractivity contribution is 7.22. The van der Waals surface area contributed by atoms with Crippen LogP contribution in [-0.4, -0.2) is 66.2 Å². The molecule has 0 aromatic carbocycles. The Morgan fingerprint density at radius 2 is 1.67 bits per heavy atom. The maximum Gasteiger partial charge on any atom is 0.274 e. The van der Waals surface area contributed by atoms with Gasteiger partial charge >= 0.3 is 0 Å². The normalized spacial score (nSPS) is 20.8. The number of thiazole rings is 1. The van der Waals surface area contributed by atoms with Crippen molar-refractivity contribution in [3.8, 4) is 0 Å². The molecule has 3 aromatic heterocycles. The van der Waals surface area contributed by atoms with Crippen LogP contribution in [-0.2, 0) is 0 Å². The molecule has 10 heteroatoms. The number of nitrogens with two attached hydrogens (primary N) is 1. The second kappa shape index (κ2) is 10.2. The maximum absolute atomic E-state index is 13.4. The van der Waals surface area contributed by atoms with Gasteiger partial charge in [0.15, 0.2) is 16.6 Å². The van der Waals surface area contributed by atoms with E-state index < -0.39 is 0 Å². The molecule has 1 atom stereocenters. The van der Waals surface area contributed by atoms with Gasteiger partial charge < -0.3 is 25.8 Å². The predicted octanol–water partition coefficient (Wildman–Crippen LogP) is 3.86. The number of rotatable bonds is 5. The van der Waals surface area contributed by atoms with Crippen molar-refractivity contribution in [3.05, 3.63) is 30.0 Å². The lowest BCUT2D eigenvalue weighted by Gasteiger charge is -2.29. The van der Waals surface area contributed by atoms with Crippen molar-refractivity contribution in [2.45, 2.75) is 51.0 Å². The molecule has 3 N–H and O–H groups in total. The van der Waals surface area contributed by atoms with Gasteiger partial charge in [0.2, 0.25) is 0 Å². The van der Waals surface area contributed by atoms with Gasteiger partial charge in [0.25, 0.3) is 5.91 Å². The first kappa shape index (κ1) is 23.4.